The Kier molecular flexibility index (Phi) is 6.95. The van der Waals surface area contributed by atoms with Crippen LogP contribution in [0.15, 0.2) is 18.2 Å². The van der Waals surface area contributed by atoms with Gasteiger partial charge in [0.05, 0.1) is 0 Å². The second-order valence-corrected chi connectivity index (χ2v) is 4.18. The van der Waals surface area contributed by atoms with Crippen molar-refractivity contribution in [3.8, 4) is 0 Å². The van der Waals surface area contributed by atoms with Crippen molar-refractivity contribution in [3.63, 3.8) is 0 Å². The molecule has 3 nitrogen and oxygen atoms in total. The number of halogens is 1. The number of alkyl halides is 1. The first-order chi connectivity index (χ1) is 6.95. The minimum Gasteiger partial charge on any atom is -0.379 e. The quantitative estimate of drug-likeness (QED) is 0.639. The van der Waals surface area contributed by atoms with E-state index >= 15 is 0 Å². The average Bonchev–Trinajstić information content (AvgIpc) is 2.21. The first kappa shape index (κ1) is 16.2. The smallest absolute Gasteiger partial charge is 0.246 e. The zero-order valence-corrected chi connectivity index (χ0v) is 13.7. The summed E-state index contributed by atoms with van der Waals surface area (Å²) < 4.78 is 0. The van der Waals surface area contributed by atoms with E-state index in [0.29, 0.717) is 5.69 Å². The third-order valence-electron chi connectivity index (χ3n) is 1.98. The zero-order chi connectivity index (χ0) is 11.5. The molecule has 1 aromatic carbocycles. The van der Waals surface area contributed by atoms with Gasteiger partial charge in [0.2, 0.25) is 5.91 Å². The summed E-state index contributed by atoms with van der Waals surface area (Å²) in [7, 11) is 0. The molecule has 0 heterocycles. The summed E-state index contributed by atoms with van der Waals surface area (Å²) in [6, 6.07) is 8.26. The van der Waals surface area contributed by atoms with E-state index in [1.54, 1.807) is 12.1 Å². The number of rotatable bonds is 3. The Bertz CT molecular complexity index is 352. The number of nitrogens with one attached hydrogen (secondary N) is 1. The number of anilines is 1. The number of carbonyl (C=O) groups excluding carboxylic acids is 1. The summed E-state index contributed by atoms with van der Waals surface area (Å²) in [6.45, 7) is 3.37. The van der Waals surface area contributed by atoms with Crippen LogP contribution >= 0.6 is 15.9 Å². The molecule has 0 aliphatic rings. The first-order valence-electron chi connectivity index (χ1n) is 4.54. The van der Waals surface area contributed by atoms with Crippen LogP contribution in [0.4, 0.5) is 5.69 Å². The molecular weight excluding hydrogens is 347 g/mol. The number of carbonyl (C=O) groups is 1. The molecule has 5 heteroatoms. The fourth-order valence-corrected chi connectivity index (χ4v) is 1.16. The third-order valence-corrected chi connectivity index (χ3v) is 3.07. The molecule has 0 unspecified atom stereocenters. The Hall–Kier alpha value is 0.234. The van der Waals surface area contributed by atoms with Crippen LogP contribution in [-0.2, 0) is 37.5 Å². The monoisotopic (exact) mass is 359 g/mol. The summed E-state index contributed by atoms with van der Waals surface area (Å²) >= 11 is 3.08. The third kappa shape index (κ3) is 4.62. The maximum atomic E-state index is 11.5. The molecule has 0 saturated carbocycles. The van der Waals surface area contributed by atoms with Gasteiger partial charge in [-0.15, -0.1) is 6.07 Å². The average molecular weight is 360 g/mol. The van der Waals surface area contributed by atoms with Crippen molar-refractivity contribution in [2.75, 3.05) is 10.6 Å². The number of benzene rings is 1. The molecule has 0 saturated heterocycles. The fraction of sp³-hybridized carbons (Fsp3) is 0.364. The van der Waals surface area contributed by atoms with E-state index in [0.717, 1.165) is 5.56 Å². The Morgan fingerprint density at radius 2 is 2.25 bits per heavy atom. The second-order valence-electron chi connectivity index (χ2n) is 3.62. The molecule has 0 spiro atoms. The predicted octanol–water partition coefficient (Wildman–Crippen LogP) is 1.88. The molecule has 1 rings (SSSR count). The summed E-state index contributed by atoms with van der Waals surface area (Å²) in [5, 5.41) is 12.4. The zero-order valence-electron chi connectivity index (χ0n) is 9.25. The van der Waals surface area contributed by atoms with Crippen LogP contribution in [0.5, 0.6) is 0 Å². The number of hydrogen-bond donors (Lipinski definition) is 2. The van der Waals surface area contributed by atoms with E-state index in [1.807, 2.05) is 13.0 Å². The van der Waals surface area contributed by atoms with Crippen molar-refractivity contribution in [1.29, 1.82) is 0 Å². The van der Waals surface area contributed by atoms with Crippen molar-refractivity contribution in [1.82, 2.24) is 0 Å². The standard InChI is InChI=1S/C11H13BrNO2.Y/c1-8-3-5-9(6-4-8)13-10(14)11(2,15)7-12;/h3,5-6,15H,7H2,1-2H3,(H,13,14);/q-1;/t11-;/m0./s1. The molecule has 85 valence electrons. The Balaban J connectivity index is 0.00000225. The molecule has 0 fully saturated rings. The number of hydrogen-bond acceptors (Lipinski definition) is 2. The van der Waals surface area contributed by atoms with Gasteiger partial charge in [0.15, 0.2) is 0 Å². The Morgan fingerprint density at radius 3 is 2.69 bits per heavy atom. The van der Waals surface area contributed by atoms with E-state index in [-0.39, 0.29) is 38.0 Å². The maximum absolute atomic E-state index is 11.5. The molecular formula is C11H13BrNO2Y-. The minimum atomic E-state index is -1.40. The molecule has 0 aliphatic heterocycles. The van der Waals surface area contributed by atoms with Gasteiger partial charge >= 0.3 is 0 Å². The van der Waals surface area contributed by atoms with Gasteiger partial charge in [-0.3, -0.25) is 4.79 Å². The van der Waals surface area contributed by atoms with E-state index in [9.17, 15) is 9.90 Å². The van der Waals surface area contributed by atoms with Crippen LogP contribution in [0.1, 0.15) is 12.5 Å². The fourth-order valence-electron chi connectivity index (χ4n) is 0.907. The molecule has 16 heavy (non-hydrogen) atoms. The molecule has 0 aromatic heterocycles. The van der Waals surface area contributed by atoms with Gasteiger partial charge in [-0.05, 0) is 6.92 Å². The van der Waals surface area contributed by atoms with Crippen LogP contribution < -0.4 is 5.32 Å². The van der Waals surface area contributed by atoms with Crippen molar-refractivity contribution in [2.24, 2.45) is 0 Å². The van der Waals surface area contributed by atoms with Crippen molar-refractivity contribution in [2.45, 2.75) is 19.4 Å². The molecule has 0 aliphatic carbocycles. The van der Waals surface area contributed by atoms with Crippen LogP contribution in [-0.4, -0.2) is 21.9 Å². The Labute approximate surface area is 129 Å². The van der Waals surface area contributed by atoms with Gasteiger partial charge in [0, 0.05) is 38.0 Å². The van der Waals surface area contributed by atoms with E-state index < -0.39 is 11.5 Å². The SMILES string of the molecule is Cc1[c-]cc(NC(=O)[C@@](C)(O)CBr)cc1.[Y]. The summed E-state index contributed by atoms with van der Waals surface area (Å²) in [6.07, 6.45) is 0. The molecule has 2 N–H and O–H groups in total. The largest absolute Gasteiger partial charge is 0.379 e. The number of aryl methyl sites for hydroxylation is 1. The molecule has 1 atom stereocenters. The maximum Gasteiger partial charge on any atom is 0.246 e. The number of aliphatic hydroxyl groups is 1. The van der Waals surface area contributed by atoms with Crippen LogP contribution in [0, 0.1) is 13.0 Å². The summed E-state index contributed by atoms with van der Waals surface area (Å²) in [5.41, 5.74) is 0.234. The normalized spacial score (nSPS) is 13.5. The summed E-state index contributed by atoms with van der Waals surface area (Å²) in [4.78, 5) is 11.5. The minimum absolute atomic E-state index is 0. The molecule has 1 radical (unpaired) electrons. The first-order valence-corrected chi connectivity index (χ1v) is 5.66. The van der Waals surface area contributed by atoms with Gasteiger partial charge < -0.3 is 10.4 Å². The van der Waals surface area contributed by atoms with Crippen LogP contribution in [0.3, 0.4) is 0 Å². The topological polar surface area (TPSA) is 49.3 Å². The second kappa shape index (κ2) is 6.85. The van der Waals surface area contributed by atoms with Crippen molar-refractivity contribution in [3.05, 3.63) is 29.8 Å². The summed E-state index contributed by atoms with van der Waals surface area (Å²) in [5.74, 6) is -0.434. The Morgan fingerprint density at radius 1 is 1.62 bits per heavy atom. The predicted molar refractivity (Wildman–Crippen MR) is 63.1 cm³/mol. The van der Waals surface area contributed by atoms with E-state index in [2.05, 4.69) is 27.3 Å². The molecule has 0 bridgehead atoms. The van der Waals surface area contributed by atoms with E-state index in [4.69, 9.17) is 0 Å². The van der Waals surface area contributed by atoms with Gasteiger partial charge in [-0.25, -0.2) is 0 Å². The van der Waals surface area contributed by atoms with Gasteiger partial charge in [0.25, 0.3) is 0 Å². The van der Waals surface area contributed by atoms with Gasteiger partial charge in [-0.2, -0.15) is 23.8 Å². The van der Waals surface area contributed by atoms with Gasteiger partial charge in [0.1, 0.15) is 5.60 Å². The van der Waals surface area contributed by atoms with Crippen LogP contribution in [0.2, 0.25) is 0 Å². The van der Waals surface area contributed by atoms with Crippen molar-refractivity contribution < 1.29 is 42.6 Å². The molecule has 1 amide bonds. The number of amides is 1. The van der Waals surface area contributed by atoms with E-state index in [1.165, 1.54) is 6.92 Å². The van der Waals surface area contributed by atoms with Gasteiger partial charge in [-0.1, -0.05) is 28.5 Å². The van der Waals surface area contributed by atoms with Crippen LogP contribution in [0.25, 0.3) is 0 Å². The molecule has 1 aromatic rings. The van der Waals surface area contributed by atoms with Crippen molar-refractivity contribution >= 4 is 27.5 Å².